The van der Waals surface area contributed by atoms with E-state index in [1.807, 2.05) is 10.9 Å². The van der Waals surface area contributed by atoms with Gasteiger partial charge in [-0.15, -0.1) is 0 Å². The molecule has 1 saturated heterocycles. The second kappa shape index (κ2) is 4.26. The fourth-order valence-corrected chi connectivity index (χ4v) is 2.64. The number of aryl methyl sites for hydroxylation is 1. The molecule has 1 fully saturated rings. The van der Waals surface area contributed by atoms with Gasteiger partial charge >= 0.3 is 0 Å². The van der Waals surface area contributed by atoms with Crippen molar-refractivity contribution in [3.63, 3.8) is 0 Å². The molecule has 3 heterocycles. The lowest BCUT2D eigenvalue weighted by atomic mass is 10.2. The van der Waals surface area contributed by atoms with E-state index in [4.69, 9.17) is 4.98 Å². The zero-order valence-corrected chi connectivity index (χ0v) is 11.3. The number of rotatable bonds is 2. The second-order valence-corrected chi connectivity index (χ2v) is 5.41. The van der Waals surface area contributed by atoms with Crippen molar-refractivity contribution in [2.45, 2.75) is 39.7 Å². The fraction of sp³-hybridized carbons (Fsp3) is 0.571. The van der Waals surface area contributed by atoms with E-state index in [1.54, 1.807) is 0 Å². The van der Waals surface area contributed by atoms with Gasteiger partial charge in [-0.3, -0.25) is 0 Å². The maximum absolute atomic E-state index is 4.83. The van der Waals surface area contributed by atoms with E-state index < -0.39 is 0 Å². The molecule has 0 bridgehead atoms. The van der Waals surface area contributed by atoms with Gasteiger partial charge in [-0.1, -0.05) is 0 Å². The van der Waals surface area contributed by atoms with Gasteiger partial charge < -0.3 is 4.90 Å². The molecule has 0 radical (unpaired) electrons. The van der Waals surface area contributed by atoms with Crippen molar-refractivity contribution in [1.29, 1.82) is 0 Å². The average Bonchev–Trinajstić information content (AvgIpc) is 2.97. The molecule has 0 aromatic carbocycles. The summed E-state index contributed by atoms with van der Waals surface area (Å²) < 4.78 is 2.02. The summed E-state index contributed by atoms with van der Waals surface area (Å²) in [6, 6.07) is 2.54. The summed E-state index contributed by atoms with van der Waals surface area (Å²) in [5.74, 6) is 1.11. The molecule has 0 spiro atoms. The minimum absolute atomic E-state index is 0.350. The Morgan fingerprint density at radius 3 is 2.61 bits per heavy atom. The van der Waals surface area contributed by atoms with Gasteiger partial charge in [0.1, 0.15) is 5.82 Å². The molecule has 18 heavy (non-hydrogen) atoms. The lowest BCUT2D eigenvalue weighted by Crippen LogP contribution is -2.19. The van der Waals surface area contributed by atoms with Crippen LogP contribution in [0.4, 0.5) is 5.82 Å². The Morgan fingerprint density at radius 2 is 1.94 bits per heavy atom. The van der Waals surface area contributed by atoms with Crippen LogP contribution in [0.25, 0.3) is 11.0 Å². The molecular weight excluding hydrogens is 224 g/mol. The minimum atomic E-state index is 0.350. The van der Waals surface area contributed by atoms with Gasteiger partial charge in [-0.2, -0.15) is 5.10 Å². The Morgan fingerprint density at radius 1 is 1.22 bits per heavy atom. The first-order chi connectivity index (χ1) is 8.66. The van der Waals surface area contributed by atoms with Crippen molar-refractivity contribution in [3.05, 3.63) is 17.8 Å². The maximum atomic E-state index is 4.83. The van der Waals surface area contributed by atoms with Crippen LogP contribution in [0, 0.1) is 6.92 Å². The summed E-state index contributed by atoms with van der Waals surface area (Å²) in [6.45, 7) is 8.70. The summed E-state index contributed by atoms with van der Waals surface area (Å²) in [5, 5.41) is 5.63. The van der Waals surface area contributed by atoms with E-state index in [0.717, 1.165) is 24.6 Å². The van der Waals surface area contributed by atoms with Gasteiger partial charge in [0.05, 0.1) is 6.20 Å². The average molecular weight is 244 g/mol. The van der Waals surface area contributed by atoms with Crippen molar-refractivity contribution >= 4 is 16.9 Å². The smallest absolute Gasteiger partial charge is 0.160 e. The van der Waals surface area contributed by atoms with Gasteiger partial charge in [0.25, 0.3) is 0 Å². The lowest BCUT2D eigenvalue weighted by Gasteiger charge is -2.17. The molecule has 3 rings (SSSR count). The SMILES string of the molecule is Cc1cc(N2CCCC2)nc2c1cnn2C(C)C. The van der Waals surface area contributed by atoms with Gasteiger partial charge in [0.2, 0.25) is 0 Å². The monoisotopic (exact) mass is 244 g/mol. The van der Waals surface area contributed by atoms with Crippen LogP contribution in [-0.4, -0.2) is 27.9 Å². The number of aromatic nitrogens is 3. The van der Waals surface area contributed by atoms with E-state index in [0.29, 0.717) is 6.04 Å². The number of pyridine rings is 1. The quantitative estimate of drug-likeness (QED) is 0.814. The van der Waals surface area contributed by atoms with E-state index in [-0.39, 0.29) is 0 Å². The van der Waals surface area contributed by atoms with Gasteiger partial charge in [0, 0.05) is 24.5 Å². The third-order valence-electron chi connectivity index (χ3n) is 3.68. The van der Waals surface area contributed by atoms with Gasteiger partial charge in [-0.05, 0) is 45.2 Å². The van der Waals surface area contributed by atoms with Crippen LogP contribution in [0.3, 0.4) is 0 Å². The van der Waals surface area contributed by atoms with E-state index in [9.17, 15) is 0 Å². The maximum Gasteiger partial charge on any atom is 0.160 e. The first-order valence-corrected chi connectivity index (χ1v) is 6.76. The molecule has 0 N–H and O–H groups in total. The summed E-state index contributed by atoms with van der Waals surface area (Å²) in [7, 11) is 0. The first-order valence-electron chi connectivity index (χ1n) is 6.76. The molecule has 1 aliphatic rings. The van der Waals surface area contributed by atoms with Crippen LogP contribution in [0.5, 0.6) is 0 Å². The summed E-state index contributed by atoms with van der Waals surface area (Å²) in [5.41, 5.74) is 2.29. The van der Waals surface area contributed by atoms with Crippen molar-refractivity contribution in [2.24, 2.45) is 0 Å². The molecule has 96 valence electrons. The second-order valence-electron chi connectivity index (χ2n) is 5.41. The lowest BCUT2D eigenvalue weighted by molar-refractivity contribution is 0.546. The number of hydrogen-bond acceptors (Lipinski definition) is 3. The molecule has 0 amide bonds. The topological polar surface area (TPSA) is 34.0 Å². The molecule has 2 aromatic heterocycles. The van der Waals surface area contributed by atoms with Crippen LogP contribution in [0.15, 0.2) is 12.3 Å². The minimum Gasteiger partial charge on any atom is -0.357 e. The zero-order chi connectivity index (χ0) is 12.7. The van der Waals surface area contributed by atoms with Crippen molar-refractivity contribution in [2.75, 3.05) is 18.0 Å². The molecule has 4 heteroatoms. The Bertz CT molecular complexity index is 564. The number of fused-ring (bicyclic) bond motifs is 1. The summed E-state index contributed by atoms with van der Waals surface area (Å²) in [6.07, 6.45) is 4.50. The van der Waals surface area contributed by atoms with Crippen LogP contribution in [0.1, 0.15) is 38.3 Å². The highest BCUT2D eigenvalue weighted by molar-refractivity contribution is 5.80. The van der Waals surface area contributed by atoms with E-state index >= 15 is 0 Å². The molecule has 1 aliphatic heterocycles. The van der Waals surface area contributed by atoms with Crippen LogP contribution in [0.2, 0.25) is 0 Å². The van der Waals surface area contributed by atoms with E-state index in [2.05, 4.69) is 36.8 Å². The highest BCUT2D eigenvalue weighted by atomic mass is 15.3. The third-order valence-corrected chi connectivity index (χ3v) is 3.68. The molecule has 0 atom stereocenters. The highest BCUT2D eigenvalue weighted by Crippen LogP contribution is 2.26. The zero-order valence-electron chi connectivity index (χ0n) is 11.3. The van der Waals surface area contributed by atoms with Crippen molar-refractivity contribution in [1.82, 2.24) is 14.8 Å². The Hall–Kier alpha value is -1.58. The molecule has 0 aliphatic carbocycles. The Kier molecular flexibility index (Phi) is 2.73. The molecule has 4 nitrogen and oxygen atoms in total. The molecular formula is C14H20N4. The normalized spacial score (nSPS) is 16.1. The Labute approximate surface area is 108 Å². The number of hydrogen-bond donors (Lipinski definition) is 0. The molecule has 2 aromatic rings. The number of anilines is 1. The predicted octanol–water partition coefficient (Wildman–Crippen LogP) is 2.92. The predicted molar refractivity (Wildman–Crippen MR) is 74.1 cm³/mol. The van der Waals surface area contributed by atoms with Crippen molar-refractivity contribution in [3.8, 4) is 0 Å². The molecule has 0 saturated carbocycles. The third kappa shape index (κ3) is 1.76. The van der Waals surface area contributed by atoms with Crippen LogP contribution in [-0.2, 0) is 0 Å². The Balaban J connectivity index is 2.14. The fourth-order valence-electron chi connectivity index (χ4n) is 2.64. The van der Waals surface area contributed by atoms with Crippen molar-refractivity contribution < 1.29 is 0 Å². The standard InChI is InChI=1S/C14H20N4/c1-10(2)18-14-12(9-15-18)11(3)8-13(16-14)17-6-4-5-7-17/h8-10H,4-7H2,1-3H3. The van der Waals surface area contributed by atoms with E-state index in [1.165, 1.54) is 23.8 Å². The summed E-state index contributed by atoms with van der Waals surface area (Å²) in [4.78, 5) is 7.20. The van der Waals surface area contributed by atoms with Crippen LogP contribution < -0.4 is 4.90 Å². The highest BCUT2D eigenvalue weighted by Gasteiger charge is 2.17. The van der Waals surface area contributed by atoms with Gasteiger partial charge in [-0.25, -0.2) is 9.67 Å². The largest absolute Gasteiger partial charge is 0.357 e. The first kappa shape index (κ1) is 11.5. The number of nitrogens with zero attached hydrogens (tertiary/aromatic N) is 4. The van der Waals surface area contributed by atoms with Crippen LogP contribution >= 0.6 is 0 Å². The van der Waals surface area contributed by atoms with Gasteiger partial charge in [0.15, 0.2) is 5.65 Å². The molecule has 0 unspecified atom stereocenters. The summed E-state index contributed by atoms with van der Waals surface area (Å²) >= 11 is 0.